The Balaban J connectivity index is 2.00. The van der Waals surface area contributed by atoms with Crippen LogP contribution in [0.15, 0.2) is 35.0 Å². The van der Waals surface area contributed by atoms with Gasteiger partial charge in [0.15, 0.2) is 5.75 Å². The first-order chi connectivity index (χ1) is 11.5. The van der Waals surface area contributed by atoms with E-state index in [1.807, 2.05) is 0 Å². The van der Waals surface area contributed by atoms with Crippen molar-refractivity contribution in [3.8, 4) is 40.2 Å². The smallest absolute Gasteiger partial charge is 0.315 e. The Hall–Kier alpha value is -3.69. The van der Waals surface area contributed by atoms with Crippen LogP contribution in [0.5, 0.6) is 17.4 Å². The zero-order chi connectivity index (χ0) is 17.3. The number of rotatable bonds is 4. The fourth-order valence-corrected chi connectivity index (χ4v) is 1.96. The Bertz CT molecular complexity index is 906. The fraction of sp³-hybridized carbons (Fsp3) is 0.0714. The van der Waals surface area contributed by atoms with Crippen LogP contribution in [0.4, 0.5) is 5.69 Å². The van der Waals surface area contributed by atoms with Gasteiger partial charge in [-0.15, -0.1) is 0 Å². The highest BCUT2D eigenvalue weighted by atomic mass is 16.6. The van der Waals surface area contributed by atoms with Crippen LogP contribution in [0, 0.1) is 10.1 Å². The van der Waals surface area contributed by atoms with E-state index in [0.717, 1.165) is 12.1 Å². The van der Waals surface area contributed by atoms with E-state index in [0.29, 0.717) is 11.4 Å². The highest BCUT2D eigenvalue weighted by Crippen LogP contribution is 2.39. The highest BCUT2D eigenvalue weighted by Gasteiger charge is 2.22. The summed E-state index contributed by atoms with van der Waals surface area (Å²) >= 11 is 0. The molecule has 0 fully saturated rings. The van der Waals surface area contributed by atoms with E-state index in [-0.39, 0.29) is 17.3 Å². The first kappa shape index (κ1) is 15.2. The molecule has 0 bridgehead atoms. The second-order valence-electron chi connectivity index (χ2n) is 4.63. The molecule has 122 valence electrons. The summed E-state index contributed by atoms with van der Waals surface area (Å²) in [5, 5.41) is 33.8. The van der Waals surface area contributed by atoms with E-state index in [9.17, 15) is 20.3 Å². The summed E-state index contributed by atoms with van der Waals surface area (Å²) in [5.74, 6) is -0.927. The lowest BCUT2D eigenvalue weighted by Gasteiger charge is -2.01. The van der Waals surface area contributed by atoms with Crippen LogP contribution in [0.3, 0.4) is 0 Å². The second kappa shape index (κ2) is 5.83. The SMILES string of the molecule is COc1ccc(-c2noc(-c3cc(O)c(O)c([N+](=O)[O-])c3)n2)cn1. The van der Waals surface area contributed by atoms with Crippen molar-refractivity contribution < 1.29 is 24.4 Å². The van der Waals surface area contributed by atoms with Gasteiger partial charge in [-0.3, -0.25) is 10.1 Å². The van der Waals surface area contributed by atoms with Crippen molar-refractivity contribution in [3.63, 3.8) is 0 Å². The molecule has 1 aromatic carbocycles. The average molecular weight is 330 g/mol. The van der Waals surface area contributed by atoms with Gasteiger partial charge >= 0.3 is 5.69 Å². The first-order valence-electron chi connectivity index (χ1n) is 6.54. The lowest BCUT2D eigenvalue weighted by atomic mass is 10.1. The Kier molecular flexibility index (Phi) is 3.70. The van der Waals surface area contributed by atoms with E-state index < -0.39 is 22.1 Å². The minimum absolute atomic E-state index is 0.0563. The van der Waals surface area contributed by atoms with Crippen molar-refractivity contribution in [2.45, 2.75) is 0 Å². The third kappa shape index (κ3) is 2.67. The minimum atomic E-state index is -0.831. The number of ether oxygens (including phenoxy) is 1. The maximum Gasteiger partial charge on any atom is 0.315 e. The number of benzene rings is 1. The van der Waals surface area contributed by atoms with Crippen molar-refractivity contribution in [2.75, 3.05) is 7.11 Å². The molecule has 0 aliphatic heterocycles. The second-order valence-corrected chi connectivity index (χ2v) is 4.63. The number of nitrogens with zero attached hydrogens (tertiary/aromatic N) is 4. The molecule has 24 heavy (non-hydrogen) atoms. The molecular weight excluding hydrogens is 320 g/mol. The molecule has 0 saturated heterocycles. The molecule has 0 radical (unpaired) electrons. The van der Waals surface area contributed by atoms with Crippen LogP contribution in [0.1, 0.15) is 0 Å². The van der Waals surface area contributed by atoms with Crippen LogP contribution >= 0.6 is 0 Å². The van der Waals surface area contributed by atoms with Gasteiger partial charge in [0.25, 0.3) is 5.89 Å². The number of phenolic OH excluding ortho intramolecular Hbond substituents is 2. The van der Waals surface area contributed by atoms with Crippen LogP contribution in [-0.4, -0.2) is 37.4 Å². The Morgan fingerprint density at radius 3 is 2.67 bits per heavy atom. The zero-order valence-corrected chi connectivity index (χ0v) is 12.2. The topological polar surface area (TPSA) is 145 Å². The highest BCUT2D eigenvalue weighted by molar-refractivity contribution is 5.68. The van der Waals surface area contributed by atoms with Gasteiger partial charge in [-0.2, -0.15) is 4.98 Å². The summed E-state index contributed by atoms with van der Waals surface area (Å²) < 4.78 is 10.0. The maximum absolute atomic E-state index is 10.9. The number of methoxy groups -OCH3 is 1. The quantitative estimate of drug-likeness (QED) is 0.417. The summed E-state index contributed by atoms with van der Waals surface area (Å²) in [4.78, 5) is 18.2. The molecule has 10 nitrogen and oxygen atoms in total. The number of hydrogen-bond donors (Lipinski definition) is 2. The molecule has 0 unspecified atom stereocenters. The third-order valence-electron chi connectivity index (χ3n) is 3.14. The summed E-state index contributed by atoms with van der Waals surface area (Å²) in [6.45, 7) is 0. The summed E-state index contributed by atoms with van der Waals surface area (Å²) in [7, 11) is 1.48. The van der Waals surface area contributed by atoms with Crippen molar-refractivity contribution in [2.24, 2.45) is 0 Å². The Labute approximate surface area is 134 Å². The maximum atomic E-state index is 10.9. The molecule has 0 atom stereocenters. The molecule has 3 rings (SSSR count). The van der Waals surface area contributed by atoms with Crippen molar-refractivity contribution in [1.29, 1.82) is 0 Å². The van der Waals surface area contributed by atoms with E-state index in [4.69, 9.17) is 9.26 Å². The monoisotopic (exact) mass is 330 g/mol. The van der Waals surface area contributed by atoms with Crippen molar-refractivity contribution in [1.82, 2.24) is 15.1 Å². The fourth-order valence-electron chi connectivity index (χ4n) is 1.96. The predicted octanol–water partition coefficient (Wildman–Crippen LogP) is 2.13. The van der Waals surface area contributed by atoms with E-state index in [1.54, 1.807) is 12.1 Å². The number of aromatic nitrogens is 3. The average Bonchev–Trinajstić information content (AvgIpc) is 3.07. The summed E-state index contributed by atoms with van der Waals surface area (Å²) in [5.41, 5.74) is -0.0311. The molecule has 2 aromatic heterocycles. The molecule has 0 aliphatic rings. The lowest BCUT2D eigenvalue weighted by molar-refractivity contribution is -0.385. The van der Waals surface area contributed by atoms with Gasteiger partial charge < -0.3 is 19.5 Å². The zero-order valence-electron chi connectivity index (χ0n) is 12.2. The van der Waals surface area contributed by atoms with Gasteiger partial charge in [0, 0.05) is 23.9 Å². The Morgan fingerprint density at radius 2 is 2.04 bits per heavy atom. The normalized spacial score (nSPS) is 10.5. The molecule has 10 heteroatoms. The molecular formula is C14H10N4O6. The molecule has 3 aromatic rings. The number of phenols is 2. The van der Waals surface area contributed by atoms with Crippen LogP contribution in [0.2, 0.25) is 0 Å². The molecule has 0 aliphatic carbocycles. The van der Waals surface area contributed by atoms with Crippen molar-refractivity contribution in [3.05, 3.63) is 40.6 Å². The van der Waals surface area contributed by atoms with Crippen LogP contribution in [-0.2, 0) is 0 Å². The van der Waals surface area contributed by atoms with E-state index >= 15 is 0 Å². The molecule has 0 spiro atoms. The number of pyridine rings is 1. The van der Waals surface area contributed by atoms with Gasteiger partial charge in [0.2, 0.25) is 17.5 Å². The standard InChI is InChI=1S/C14H10N4O6/c1-23-11-3-2-7(6-15-11)13-16-14(24-17-13)8-4-9(18(21)22)12(20)10(19)5-8/h2-6,19-20H,1H3. The lowest BCUT2D eigenvalue weighted by Crippen LogP contribution is -1.90. The summed E-state index contributed by atoms with van der Waals surface area (Å²) in [6, 6.07) is 5.39. The molecule has 0 saturated carbocycles. The van der Waals surface area contributed by atoms with Crippen LogP contribution in [0.25, 0.3) is 22.8 Å². The van der Waals surface area contributed by atoms with Gasteiger partial charge in [-0.05, 0) is 12.1 Å². The summed E-state index contributed by atoms with van der Waals surface area (Å²) in [6.07, 6.45) is 1.48. The number of nitro benzene ring substituents is 1. The van der Waals surface area contributed by atoms with E-state index in [2.05, 4.69) is 15.1 Å². The van der Waals surface area contributed by atoms with Crippen LogP contribution < -0.4 is 4.74 Å². The van der Waals surface area contributed by atoms with Crippen molar-refractivity contribution >= 4 is 5.69 Å². The van der Waals surface area contributed by atoms with E-state index in [1.165, 1.54) is 13.3 Å². The molecule has 2 N–H and O–H groups in total. The minimum Gasteiger partial charge on any atom is -0.504 e. The molecule has 0 amide bonds. The number of nitro groups is 1. The Morgan fingerprint density at radius 1 is 1.25 bits per heavy atom. The first-order valence-corrected chi connectivity index (χ1v) is 6.54. The van der Waals surface area contributed by atoms with Gasteiger partial charge in [0.1, 0.15) is 0 Å². The molecule has 2 heterocycles. The van der Waals surface area contributed by atoms with Gasteiger partial charge in [-0.1, -0.05) is 5.16 Å². The number of aromatic hydroxyl groups is 2. The predicted molar refractivity (Wildman–Crippen MR) is 79.5 cm³/mol. The van der Waals surface area contributed by atoms with Gasteiger partial charge in [0.05, 0.1) is 17.6 Å². The largest absolute Gasteiger partial charge is 0.504 e. The number of hydrogen-bond acceptors (Lipinski definition) is 9. The third-order valence-corrected chi connectivity index (χ3v) is 3.14. The van der Waals surface area contributed by atoms with Gasteiger partial charge in [-0.25, -0.2) is 4.98 Å².